The summed E-state index contributed by atoms with van der Waals surface area (Å²) >= 11 is 1.53. The van der Waals surface area contributed by atoms with Crippen LogP contribution in [0.25, 0.3) is 10.3 Å². The Morgan fingerprint density at radius 2 is 2.00 bits per heavy atom. The average Bonchev–Trinajstić information content (AvgIpc) is 3.22. The van der Waals surface area contributed by atoms with E-state index >= 15 is 0 Å². The van der Waals surface area contributed by atoms with Gasteiger partial charge in [-0.1, -0.05) is 25.2 Å². The maximum absolute atomic E-state index is 9.88. The summed E-state index contributed by atoms with van der Waals surface area (Å²) in [6.45, 7) is 8.03. The topological polar surface area (TPSA) is 95.4 Å². The number of fused-ring (bicyclic) bond motifs is 1. The Morgan fingerprint density at radius 3 is 2.80 bits per heavy atom. The summed E-state index contributed by atoms with van der Waals surface area (Å²) in [5, 5.41) is 17.7. The van der Waals surface area contributed by atoms with Crippen LogP contribution in [0.5, 0.6) is 0 Å². The molecule has 1 saturated heterocycles. The second-order valence-electron chi connectivity index (χ2n) is 10.2. The molecule has 8 nitrogen and oxygen atoms in total. The van der Waals surface area contributed by atoms with Gasteiger partial charge in [0.2, 0.25) is 0 Å². The van der Waals surface area contributed by atoms with Crippen LogP contribution in [0.1, 0.15) is 51.5 Å². The highest BCUT2D eigenvalue weighted by Crippen LogP contribution is 2.29. The third kappa shape index (κ3) is 6.67. The van der Waals surface area contributed by atoms with E-state index in [1.54, 1.807) is 6.20 Å². The number of rotatable bonds is 8. The van der Waals surface area contributed by atoms with Crippen molar-refractivity contribution in [3.63, 3.8) is 0 Å². The molecule has 9 heteroatoms. The summed E-state index contributed by atoms with van der Waals surface area (Å²) < 4.78 is 6.01. The Balaban J connectivity index is 1.34. The van der Waals surface area contributed by atoms with Crippen molar-refractivity contribution in [1.82, 2.24) is 19.9 Å². The lowest BCUT2D eigenvalue weighted by molar-refractivity contribution is -0.0399. The SMILES string of the molecule is CC(C)CC1CN(Cc2cc(Nc3nc4cccnc4s3)nc(NC3CCC(O)CC3)c2)CCO1. The van der Waals surface area contributed by atoms with Crippen molar-refractivity contribution in [2.24, 2.45) is 5.92 Å². The van der Waals surface area contributed by atoms with Gasteiger partial charge in [0.25, 0.3) is 0 Å². The molecule has 1 unspecified atom stereocenters. The van der Waals surface area contributed by atoms with Crippen molar-refractivity contribution in [1.29, 1.82) is 0 Å². The largest absolute Gasteiger partial charge is 0.393 e. The predicted molar refractivity (Wildman–Crippen MR) is 141 cm³/mol. The number of pyridine rings is 2. The standard InChI is InChI=1S/C26H36N6O2S/c1-17(2)12-21-16-32(10-11-34-21)15-18-13-23(28-19-5-7-20(33)8-6-19)30-24(14-18)31-26-29-22-4-3-9-27-25(22)35-26/h3-4,9,13-14,17,19-21,33H,5-8,10-12,15-16H2,1-2H3,(H2,28,29,30,31). The van der Waals surface area contributed by atoms with Gasteiger partial charge >= 0.3 is 0 Å². The maximum Gasteiger partial charge on any atom is 0.190 e. The van der Waals surface area contributed by atoms with E-state index in [4.69, 9.17) is 9.72 Å². The molecule has 188 valence electrons. The monoisotopic (exact) mass is 496 g/mol. The smallest absolute Gasteiger partial charge is 0.190 e. The molecule has 4 heterocycles. The highest BCUT2D eigenvalue weighted by Gasteiger charge is 2.23. The van der Waals surface area contributed by atoms with Crippen LogP contribution in [-0.2, 0) is 11.3 Å². The zero-order valence-corrected chi connectivity index (χ0v) is 21.4. The number of nitrogens with one attached hydrogen (secondary N) is 2. The van der Waals surface area contributed by atoms with Crippen molar-refractivity contribution in [2.75, 3.05) is 30.3 Å². The molecular formula is C26H36N6O2S. The number of aliphatic hydroxyl groups excluding tert-OH is 1. The van der Waals surface area contributed by atoms with Crippen molar-refractivity contribution in [3.8, 4) is 0 Å². The summed E-state index contributed by atoms with van der Waals surface area (Å²) in [4.78, 5) is 17.4. The van der Waals surface area contributed by atoms with Crippen molar-refractivity contribution in [3.05, 3.63) is 36.0 Å². The summed E-state index contributed by atoms with van der Waals surface area (Å²) in [6, 6.07) is 8.51. The molecule has 0 aromatic carbocycles. The molecule has 2 aliphatic rings. The zero-order valence-electron chi connectivity index (χ0n) is 20.6. The highest BCUT2D eigenvalue weighted by molar-refractivity contribution is 7.21. The summed E-state index contributed by atoms with van der Waals surface area (Å²) in [5.74, 6) is 2.29. The third-order valence-electron chi connectivity index (χ3n) is 6.70. The molecule has 0 bridgehead atoms. The molecule has 3 aromatic rings. The van der Waals surface area contributed by atoms with Gasteiger partial charge in [0.15, 0.2) is 5.13 Å². The lowest BCUT2D eigenvalue weighted by Crippen LogP contribution is -2.42. The van der Waals surface area contributed by atoms with Crippen LogP contribution < -0.4 is 10.6 Å². The molecule has 3 aromatic heterocycles. The molecule has 2 fully saturated rings. The number of morpholine rings is 1. The first-order valence-corrected chi connectivity index (χ1v) is 13.6. The number of thiazole rings is 1. The molecule has 3 N–H and O–H groups in total. The van der Waals surface area contributed by atoms with Gasteiger partial charge in [-0.15, -0.1) is 0 Å². The van der Waals surface area contributed by atoms with Gasteiger partial charge in [-0.2, -0.15) is 0 Å². The van der Waals surface area contributed by atoms with Gasteiger partial charge in [0, 0.05) is 31.9 Å². The molecule has 1 aliphatic heterocycles. The summed E-state index contributed by atoms with van der Waals surface area (Å²) in [7, 11) is 0. The molecule has 0 radical (unpaired) electrons. The first kappa shape index (κ1) is 24.4. The fraction of sp³-hybridized carbons (Fsp3) is 0.577. The lowest BCUT2D eigenvalue weighted by atomic mass is 9.93. The van der Waals surface area contributed by atoms with E-state index in [0.29, 0.717) is 18.1 Å². The molecule has 1 saturated carbocycles. The molecular weight excluding hydrogens is 460 g/mol. The Kier molecular flexibility index (Phi) is 7.77. The predicted octanol–water partition coefficient (Wildman–Crippen LogP) is 4.79. The first-order valence-electron chi connectivity index (χ1n) is 12.8. The molecule has 1 atom stereocenters. The van der Waals surface area contributed by atoms with Crippen molar-refractivity contribution in [2.45, 2.75) is 70.7 Å². The Hall–Kier alpha value is -2.33. The van der Waals surface area contributed by atoms with E-state index in [2.05, 4.69) is 51.5 Å². The van der Waals surface area contributed by atoms with Crippen LogP contribution in [-0.4, -0.2) is 62.9 Å². The minimum atomic E-state index is -0.169. The quantitative estimate of drug-likeness (QED) is 0.410. The van der Waals surface area contributed by atoms with Crippen molar-refractivity contribution < 1.29 is 9.84 Å². The zero-order chi connectivity index (χ0) is 24.2. The number of hydrogen-bond acceptors (Lipinski definition) is 9. The number of aliphatic hydroxyl groups is 1. The van der Waals surface area contributed by atoms with Crippen LogP contribution in [0.2, 0.25) is 0 Å². The lowest BCUT2D eigenvalue weighted by Gasteiger charge is -2.34. The fourth-order valence-electron chi connectivity index (χ4n) is 5.03. The molecule has 5 rings (SSSR count). The fourth-order valence-corrected chi connectivity index (χ4v) is 5.84. The Labute approximate surface area is 211 Å². The van der Waals surface area contributed by atoms with Gasteiger partial charge in [-0.3, -0.25) is 4.90 Å². The van der Waals surface area contributed by atoms with Gasteiger partial charge in [-0.25, -0.2) is 15.0 Å². The number of hydrogen-bond donors (Lipinski definition) is 3. The second-order valence-corrected chi connectivity index (χ2v) is 11.2. The van der Waals surface area contributed by atoms with Crippen LogP contribution in [0.3, 0.4) is 0 Å². The van der Waals surface area contributed by atoms with E-state index in [1.165, 1.54) is 16.9 Å². The van der Waals surface area contributed by atoms with Gasteiger partial charge in [0.05, 0.1) is 18.8 Å². The number of aromatic nitrogens is 3. The van der Waals surface area contributed by atoms with Crippen LogP contribution in [0.4, 0.5) is 16.8 Å². The first-order chi connectivity index (χ1) is 17.0. The Bertz CT molecular complexity index is 1080. The van der Waals surface area contributed by atoms with Gasteiger partial charge in [0.1, 0.15) is 22.0 Å². The van der Waals surface area contributed by atoms with E-state index in [0.717, 1.165) is 85.5 Å². The summed E-state index contributed by atoms with van der Waals surface area (Å²) in [6.07, 6.45) is 6.60. The number of ether oxygens (including phenoxy) is 1. The average molecular weight is 497 g/mol. The molecule has 1 aliphatic carbocycles. The van der Waals surface area contributed by atoms with E-state index in [-0.39, 0.29) is 6.10 Å². The molecule has 0 amide bonds. The van der Waals surface area contributed by atoms with E-state index < -0.39 is 0 Å². The van der Waals surface area contributed by atoms with E-state index in [9.17, 15) is 5.11 Å². The summed E-state index contributed by atoms with van der Waals surface area (Å²) in [5.41, 5.74) is 2.10. The Morgan fingerprint density at radius 1 is 1.17 bits per heavy atom. The van der Waals surface area contributed by atoms with E-state index in [1.807, 2.05) is 12.1 Å². The third-order valence-corrected chi connectivity index (χ3v) is 7.59. The highest BCUT2D eigenvalue weighted by atomic mass is 32.1. The second kappa shape index (κ2) is 11.2. The van der Waals surface area contributed by atoms with Gasteiger partial charge < -0.3 is 20.5 Å². The van der Waals surface area contributed by atoms with Crippen LogP contribution >= 0.6 is 11.3 Å². The normalized spacial score (nSPS) is 23.6. The van der Waals surface area contributed by atoms with Crippen LogP contribution in [0.15, 0.2) is 30.5 Å². The number of nitrogens with zero attached hydrogens (tertiary/aromatic N) is 4. The molecule has 35 heavy (non-hydrogen) atoms. The molecule has 0 spiro atoms. The minimum absolute atomic E-state index is 0.169. The minimum Gasteiger partial charge on any atom is -0.393 e. The van der Waals surface area contributed by atoms with Crippen LogP contribution in [0, 0.1) is 5.92 Å². The number of anilines is 3. The van der Waals surface area contributed by atoms with Crippen molar-refractivity contribution >= 4 is 38.5 Å². The van der Waals surface area contributed by atoms with Gasteiger partial charge in [-0.05, 0) is 67.9 Å². The maximum atomic E-state index is 9.88.